The van der Waals surface area contributed by atoms with E-state index < -0.39 is 6.10 Å². The van der Waals surface area contributed by atoms with Gasteiger partial charge in [0.15, 0.2) is 0 Å². The number of rotatable bonds is 3. The number of aliphatic hydroxyl groups excluding tert-OH is 1. The second kappa shape index (κ2) is 4.63. The highest BCUT2D eigenvalue weighted by molar-refractivity contribution is 7.13. The molecule has 2 rings (SSSR count). The zero-order chi connectivity index (χ0) is 11.5. The first-order valence-electron chi connectivity index (χ1n) is 4.98. The Balaban J connectivity index is 2.28. The van der Waals surface area contributed by atoms with E-state index in [9.17, 15) is 5.11 Å². The summed E-state index contributed by atoms with van der Waals surface area (Å²) in [4.78, 5) is 4.36. The number of hydrogen-bond donors (Lipinski definition) is 1. The molecule has 16 heavy (non-hydrogen) atoms. The molecule has 0 bridgehead atoms. The van der Waals surface area contributed by atoms with Crippen molar-refractivity contribution < 1.29 is 9.84 Å². The minimum Gasteiger partial charge on any atom is -0.497 e. The van der Waals surface area contributed by atoms with Crippen LogP contribution < -0.4 is 4.74 Å². The van der Waals surface area contributed by atoms with Gasteiger partial charge in [0, 0.05) is 10.9 Å². The number of hydrogen-bond acceptors (Lipinski definition) is 4. The minimum absolute atomic E-state index is 0.511. The molecule has 0 radical (unpaired) electrons. The Morgan fingerprint density at radius 3 is 2.50 bits per heavy atom. The third kappa shape index (κ3) is 2.23. The number of ether oxygens (including phenoxy) is 1. The molecule has 84 valence electrons. The summed E-state index contributed by atoms with van der Waals surface area (Å²) in [6.45, 7) is 1.72. The first kappa shape index (κ1) is 11.1. The number of aromatic nitrogens is 1. The first-order chi connectivity index (χ1) is 7.70. The van der Waals surface area contributed by atoms with E-state index in [1.54, 1.807) is 14.0 Å². The summed E-state index contributed by atoms with van der Waals surface area (Å²) < 4.78 is 5.09. The van der Waals surface area contributed by atoms with Crippen LogP contribution in [0.1, 0.15) is 18.7 Å². The van der Waals surface area contributed by atoms with Gasteiger partial charge in [-0.1, -0.05) is 0 Å². The fourth-order valence-electron chi connectivity index (χ4n) is 1.34. The van der Waals surface area contributed by atoms with Crippen molar-refractivity contribution in [3.63, 3.8) is 0 Å². The summed E-state index contributed by atoms with van der Waals surface area (Å²) in [5.74, 6) is 0.830. The summed E-state index contributed by atoms with van der Waals surface area (Å²) in [7, 11) is 1.64. The zero-order valence-electron chi connectivity index (χ0n) is 9.18. The lowest BCUT2D eigenvalue weighted by molar-refractivity contribution is 0.195. The van der Waals surface area contributed by atoms with Gasteiger partial charge in [-0.2, -0.15) is 0 Å². The van der Waals surface area contributed by atoms with E-state index in [0.29, 0.717) is 0 Å². The zero-order valence-corrected chi connectivity index (χ0v) is 9.99. The molecule has 1 heterocycles. The summed E-state index contributed by atoms with van der Waals surface area (Å²) in [5, 5.41) is 12.2. The van der Waals surface area contributed by atoms with Gasteiger partial charge in [-0.3, -0.25) is 0 Å². The molecule has 3 nitrogen and oxygen atoms in total. The average molecular weight is 235 g/mol. The molecule has 0 saturated carbocycles. The van der Waals surface area contributed by atoms with E-state index in [-0.39, 0.29) is 0 Å². The van der Waals surface area contributed by atoms with Gasteiger partial charge in [-0.25, -0.2) is 4.98 Å². The highest BCUT2D eigenvalue weighted by Crippen LogP contribution is 2.27. The van der Waals surface area contributed by atoms with Crippen LogP contribution in [0.2, 0.25) is 0 Å². The quantitative estimate of drug-likeness (QED) is 0.889. The lowest BCUT2D eigenvalue weighted by atomic mass is 10.2. The molecule has 2 aromatic rings. The predicted molar refractivity (Wildman–Crippen MR) is 64.7 cm³/mol. The third-order valence-electron chi connectivity index (χ3n) is 2.29. The monoisotopic (exact) mass is 235 g/mol. The second-order valence-corrected chi connectivity index (χ2v) is 4.34. The van der Waals surface area contributed by atoms with Gasteiger partial charge in [-0.05, 0) is 31.2 Å². The van der Waals surface area contributed by atoms with Crippen LogP contribution in [0.25, 0.3) is 10.6 Å². The number of thiazole rings is 1. The molecule has 0 aliphatic carbocycles. The van der Waals surface area contributed by atoms with E-state index in [4.69, 9.17) is 4.74 Å². The van der Waals surface area contributed by atoms with Crippen molar-refractivity contribution >= 4 is 11.3 Å². The molecule has 1 atom stereocenters. The minimum atomic E-state index is -0.511. The Bertz CT molecular complexity index is 462. The molecule has 0 amide bonds. The molecule has 4 heteroatoms. The normalized spacial score (nSPS) is 12.4. The molecule has 0 aliphatic rings. The second-order valence-electron chi connectivity index (χ2n) is 3.48. The van der Waals surface area contributed by atoms with Gasteiger partial charge >= 0.3 is 0 Å². The number of methoxy groups -OCH3 is 1. The highest BCUT2D eigenvalue weighted by Gasteiger charge is 2.08. The van der Waals surface area contributed by atoms with E-state index in [1.807, 2.05) is 29.6 Å². The van der Waals surface area contributed by atoms with E-state index >= 15 is 0 Å². The van der Waals surface area contributed by atoms with Gasteiger partial charge in [-0.15, -0.1) is 11.3 Å². The van der Waals surface area contributed by atoms with Gasteiger partial charge in [0.1, 0.15) is 10.8 Å². The predicted octanol–water partition coefficient (Wildman–Crippen LogP) is 2.87. The van der Waals surface area contributed by atoms with Crippen LogP contribution in [-0.4, -0.2) is 17.2 Å². The molecule has 1 aromatic heterocycles. The lowest BCUT2D eigenvalue weighted by Crippen LogP contribution is -1.90. The molecule has 1 N–H and O–H groups in total. The van der Waals surface area contributed by atoms with E-state index in [1.165, 1.54) is 11.3 Å². The van der Waals surface area contributed by atoms with Crippen molar-refractivity contribution in [3.05, 3.63) is 35.3 Å². The van der Waals surface area contributed by atoms with Crippen LogP contribution in [0.15, 0.2) is 29.6 Å². The Morgan fingerprint density at radius 1 is 1.31 bits per heavy atom. The molecule has 1 aromatic carbocycles. The van der Waals surface area contributed by atoms with Crippen molar-refractivity contribution in [3.8, 4) is 16.3 Å². The largest absolute Gasteiger partial charge is 0.497 e. The maximum absolute atomic E-state index is 9.39. The maximum Gasteiger partial charge on any atom is 0.123 e. The number of benzene rings is 1. The topological polar surface area (TPSA) is 42.4 Å². The van der Waals surface area contributed by atoms with Gasteiger partial charge in [0.25, 0.3) is 0 Å². The molecular weight excluding hydrogens is 222 g/mol. The van der Waals surface area contributed by atoms with Crippen LogP contribution >= 0.6 is 11.3 Å². The number of nitrogens with zero attached hydrogens (tertiary/aromatic N) is 1. The summed E-state index contributed by atoms with van der Waals surface area (Å²) in [6.07, 6.45) is -0.511. The SMILES string of the molecule is COc1ccc(-c2nc(C(C)O)cs2)cc1. The fraction of sp³-hybridized carbons (Fsp3) is 0.250. The summed E-state index contributed by atoms with van der Waals surface area (Å²) in [5.41, 5.74) is 1.76. The lowest BCUT2D eigenvalue weighted by Gasteiger charge is -2.00. The maximum atomic E-state index is 9.39. The summed E-state index contributed by atoms with van der Waals surface area (Å²) >= 11 is 1.53. The smallest absolute Gasteiger partial charge is 0.123 e. The van der Waals surface area contributed by atoms with Crippen molar-refractivity contribution in [2.45, 2.75) is 13.0 Å². The number of aliphatic hydroxyl groups is 1. The molecule has 0 fully saturated rings. The van der Waals surface area contributed by atoms with Crippen LogP contribution in [0.4, 0.5) is 0 Å². The Labute approximate surface area is 98.4 Å². The van der Waals surface area contributed by atoms with Crippen LogP contribution in [0.5, 0.6) is 5.75 Å². The summed E-state index contributed by atoms with van der Waals surface area (Å²) in [6, 6.07) is 7.73. The van der Waals surface area contributed by atoms with Gasteiger partial charge in [0.2, 0.25) is 0 Å². The molecule has 1 unspecified atom stereocenters. The van der Waals surface area contributed by atoms with Gasteiger partial charge in [0.05, 0.1) is 18.9 Å². The van der Waals surface area contributed by atoms with Crippen LogP contribution in [-0.2, 0) is 0 Å². The first-order valence-corrected chi connectivity index (χ1v) is 5.86. The third-order valence-corrected chi connectivity index (χ3v) is 3.20. The van der Waals surface area contributed by atoms with Crippen molar-refractivity contribution in [1.82, 2.24) is 4.98 Å². The van der Waals surface area contributed by atoms with E-state index in [2.05, 4.69) is 4.98 Å². The average Bonchev–Trinajstić information content (AvgIpc) is 2.78. The molecule has 0 aliphatic heterocycles. The Hall–Kier alpha value is -1.39. The van der Waals surface area contributed by atoms with Crippen molar-refractivity contribution in [1.29, 1.82) is 0 Å². The van der Waals surface area contributed by atoms with Crippen molar-refractivity contribution in [2.24, 2.45) is 0 Å². The van der Waals surface area contributed by atoms with Gasteiger partial charge < -0.3 is 9.84 Å². The Morgan fingerprint density at radius 2 is 2.00 bits per heavy atom. The highest BCUT2D eigenvalue weighted by atomic mass is 32.1. The molecular formula is C12H13NO2S. The van der Waals surface area contributed by atoms with E-state index in [0.717, 1.165) is 22.0 Å². The van der Waals surface area contributed by atoms with Crippen molar-refractivity contribution in [2.75, 3.05) is 7.11 Å². The Kier molecular flexibility index (Phi) is 3.22. The standard InChI is InChI=1S/C12H13NO2S/c1-8(14)11-7-16-12(13-11)9-3-5-10(15-2)6-4-9/h3-8,14H,1-2H3. The van der Waals surface area contributed by atoms with Crippen LogP contribution in [0.3, 0.4) is 0 Å². The molecule has 0 saturated heterocycles. The molecule has 0 spiro atoms. The fourth-order valence-corrected chi connectivity index (χ4v) is 2.26. The van der Waals surface area contributed by atoms with Crippen LogP contribution in [0, 0.1) is 0 Å².